The molecule has 180 valence electrons. The second kappa shape index (κ2) is 11.0. The van der Waals surface area contributed by atoms with Gasteiger partial charge in [-0.05, 0) is 36.4 Å². The lowest BCUT2D eigenvalue weighted by Gasteiger charge is -2.35. The molecule has 1 amide bonds. The number of benzene rings is 1. The summed E-state index contributed by atoms with van der Waals surface area (Å²) in [5.74, 6) is -0.399. The van der Waals surface area contributed by atoms with E-state index in [4.69, 9.17) is 0 Å². The predicted octanol–water partition coefficient (Wildman–Crippen LogP) is 3.33. The van der Waals surface area contributed by atoms with Crippen LogP contribution in [0, 0.1) is 5.82 Å². The Morgan fingerprint density at radius 2 is 1.82 bits per heavy atom. The molecule has 0 saturated carbocycles. The summed E-state index contributed by atoms with van der Waals surface area (Å²) < 4.78 is 15.1. The second-order valence-electron chi connectivity index (χ2n) is 8.13. The van der Waals surface area contributed by atoms with Gasteiger partial charge in [0.05, 0.1) is 17.8 Å². The summed E-state index contributed by atoms with van der Waals surface area (Å²) in [5, 5.41) is 2.85. The number of carbonyl (C=O) groups is 2. The largest absolute Gasteiger partial charge is 0.369 e. The average Bonchev–Trinajstić information content (AvgIpc) is 3.26. The van der Waals surface area contributed by atoms with Gasteiger partial charge in [-0.3, -0.25) is 14.7 Å². The zero-order valence-corrected chi connectivity index (χ0v) is 20.1. The maximum atomic E-state index is 15.1. The summed E-state index contributed by atoms with van der Waals surface area (Å²) in [7, 11) is 0. The number of halogens is 3. The maximum absolute atomic E-state index is 15.1. The average molecular weight is 506 g/mol. The van der Waals surface area contributed by atoms with E-state index in [1.165, 1.54) is 0 Å². The van der Waals surface area contributed by atoms with Crippen LogP contribution in [0.5, 0.6) is 0 Å². The molecule has 2 N–H and O–H groups in total. The van der Waals surface area contributed by atoms with Crippen LogP contribution in [0.25, 0.3) is 22.5 Å². The van der Waals surface area contributed by atoms with Gasteiger partial charge in [0.2, 0.25) is 0 Å². The molecule has 5 rings (SSSR count). The Hall–Kier alpha value is -2.94. The summed E-state index contributed by atoms with van der Waals surface area (Å²) in [6.07, 6.45) is 3.34. The fraction of sp³-hybridized carbons (Fsp3) is 0.292. The van der Waals surface area contributed by atoms with Crippen LogP contribution in [-0.4, -0.2) is 66.3 Å². The first-order valence-electron chi connectivity index (χ1n) is 10.8. The molecule has 4 heterocycles. The normalized spacial score (nSPS) is 15.6. The third-order valence-corrected chi connectivity index (χ3v) is 6.17. The number of piperazine rings is 1. The Bertz CT molecular complexity index is 1180. The first kappa shape index (κ1) is 25.7. The molecule has 2 aliphatic rings. The maximum Gasteiger partial charge on any atom is 0.253 e. The Morgan fingerprint density at radius 1 is 1.03 bits per heavy atom. The number of hydrogen-bond acceptors (Lipinski definition) is 5. The topological polar surface area (TPSA) is 81.3 Å². The highest BCUT2D eigenvalue weighted by Gasteiger charge is 2.21. The number of aldehydes is 1. The number of fused-ring (bicyclic) bond motifs is 1. The molecule has 0 radical (unpaired) electrons. The predicted molar refractivity (Wildman–Crippen MR) is 135 cm³/mol. The third kappa shape index (κ3) is 5.09. The minimum Gasteiger partial charge on any atom is -0.369 e. The van der Waals surface area contributed by atoms with Gasteiger partial charge in [0.1, 0.15) is 12.1 Å². The quantitative estimate of drug-likeness (QED) is 0.519. The number of nitrogens with one attached hydrogen (secondary N) is 2. The van der Waals surface area contributed by atoms with E-state index in [1.807, 2.05) is 24.3 Å². The van der Waals surface area contributed by atoms with Crippen molar-refractivity contribution < 1.29 is 14.0 Å². The Balaban J connectivity index is 0.00000162. The van der Waals surface area contributed by atoms with Crippen LogP contribution in [-0.2, 0) is 11.2 Å². The molecule has 10 heteroatoms. The SMILES string of the molecule is Cl.Cl.O=CCN1CCN(c2ccc(-c3cc(-c4cc5c([nH]4)CCNC5=O)ccn3)c(F)c2)CC1. The Morgan fingerprint density at radius 3 is 2.53 bits per heavy atom. The van der Waals surface area contributed by atoms with Gasteiger partial charge in [-0.1, -0.05) is 0 Å². The molecular weight excluding hydrogens is 480 g/mol. The highest BCUT2D eigenvalue weighted by Crippen LogP contribution is 2.30. The van der Waals surface area contributed by atoms with Crippen LogP contribution < -0.4 is 10.2 Å². The van der Waals surface area contributed by atoms with E-state index in [1.54, 1.807) is 18.3 Å². The fourth-order valence-electron chi connectivity index (χ4n) is 4.40. The number of nitrogens with zero attached hydrogens (tertiary/aromatic N) is 3. The number of amides is 1. The molecule has 0 unspecified atom stereocenters. The van der Waals surface area contributed by atoms with Crippen LogP contribution in [0.4, 0.5) is 10.1 Å². The van der Waals surface area contributed by atoms with Crippen molar-refractivity contribution in [3.05, 3.63) is 59.7 Å². The molecule has 1 aromatic carbocycles. The highest BCUT2D eigenvalue weighted by molar-refractivity contribution is 5.97. The Labute approximate surface area is 209 Å². The van der Waals surface area contributed by atoms with E-state index < -0.39 is 0 Å². The van der Waals surface area contributed by atoms with Crippen LogP contribution in [0.2, 0.25) is 0 Å². The zero-order valence-electron chi connectivity index (χ0n) is 18.4. The lowest BCUT2D eigenvalue weighted by molar-refractivity contribution is -0.108. The minimum atomic E-state index is -0.326. The standard InChI is InChI=1S/C24H24FN5O2.2ClH/c25-20-14-17(30-9-7-29(8-10-30)11-12-31)1-2-18(20)23-13-16(3-5-26-23)22-15-19-21(28-22)4-6-27-24(19)32;;/h1-3,5,12-15,28H,4,6-11H2,(H,27,32);2*1H. The molecule has 0 aliphatic carbocycles. The van der Waals surface area contributed by atoms with E-state index in [0.717, 1.165) is 61.5 Å². The highest BCUT2D eigenvalue weighted by atomic mass is 35.5. The smallest absolute Gasteiger partial charge is 0.253 e. The lowest BCUT2D eigenvalue weighted by Crippen LogP contribution is -2.46. The van der Waals surface area contributed by atoms with Crippen LogP contribution >= 0.6 is 24.8 Å². The molecule has 0 spiro atoms. The molecule has 34 heavy (non-hydrogen) atoms. The van der Waals surface area contributed by atoms with Gasteiger partial charge in [0.25, 0.3) is 5.91 Å². The van der Waals surface area contributed by atoms with Gasteiger partial charge < -0.3 is 20.0 Å². The van der Waals surface area contributed by atoms with E-state index in [9.17, 15) is 9.59 Å². The number of rotatable bonds is 5. The van der Waals surface area contributed by atoms with Crippen LogP contribution in [0.1, 0.15) is 16.1 Å². The number of pyridine rings is 1. The number of carbonyl (C=O) groups excluding carboxylic acids is 2. The number of anilines is 1. The van der Waals surface area contributed by atoms with Gasteiger partial charge in [0.15, 0.2) is 0 Å². The molecule has 0 atom stereocenters. The van der Waals surface area contributed by atoms with Gasteiger partial charge >= 0.3 is 0 Å². The van der Waals surface area contributed by atoms with Crippen molar-refractivity contribution in [3.8, 4) is 22.5 Å². The number of H-pyrrole nitrogens is 1. The fourth-order valence-corrected chi connectivity index (χ4v) is 4.40. The third-order valence-electron chi connectivity index (χ3n) is 6.17. The zero-order chi connectivity index (χ0) is 22.1. The number of aromatic nitrogens is 2. The molecule has 7 nitrogen and oxygen atoms in total. The van der Waals surface area contributed by atoms with E-state index >= 15 is 4.39 Å². The molecule has 0 bridgehead atoms. The number of hydrogen-bond donors (Lipinski definition) is 2. The molecule has 1 fully saturated rings. The second-order valence-corrected chi connectivity index (χ2v) is 8.13. The Kier molecular flexibility index (Phi) is 8.30. The summed E-state index contributed by atoms with van der Waals surface area (Å²) >= 11 is 0. The van der Waals surface area contributed by atoms with Crippen LogP contribution in [0.3, 0.4) is 0 Å². The van der Waals surface area contributed by atoms with Crippen molar-refractivity contribution >= 4 is 42.7 Å². The summed E-state index contributed by atoms with van der Waals surface area (Å²) in [6, 6.07) is 10.8. The molecule has 3 aromatic rings. The van der Waals surface area contributed by atoms with Crippen molar-refractivity contribution in [1.82, 2.24) is 20.2 Å². The van der Waals surface area contributed by atoms with Gasteiger partial charge in [-0.2, -0.15) is 0 Å². The first-order valence-corrected chi connectivity index (χ1v) is 10.8. The number of aromatic amines is 1. The molecular formula is C24H26Cl2FN5O2. The summed E-state index contributed by atoms with van der Waals surface area (Å²) in [6.45, 7) is 4.14. The van der Waals surface area contributed by atoms with E-state index in [0.29, 0.717) is 29.9 Å². The van der Waals surface area contributed by atoms with Crippen molar-refractivity contribution in [3.63, 3.8) is 0 Å². The minimum absolute atomic E-state index is 0. The van der Waals surface area contributed by atoms with E-state index in [2.05, 4.69) is 25.1 Å². The van der Waals surface area contributed by atoms with Crippen molar-refractivity contribution in [2.45, 2.75) is 6.42 Å². The monoisotopic (exact) mass is 505 g/mol. The van der Waals surface area contributed by atoms with Crippen molar-refractivity contribution in [2.24, 2.45) is 0 Å². The van der Waals surface area contributed by atoms with Gasteiger partial charge in [-0.25, -0.2) is 4.39 Å². The molecule has 2 aliphatic heterocycles. The summed E-state index contributed by atoms with van der Waals surface area (Å²) in [5.41, 5.74) is 5.06. The molecule has 2 aromatic heterocycles. The van der Waals surface area contributed by atoms with Crippen molar-refractivity contribution in [2.75, 3.05) is 44.2 Å². The van der Waals surface area contributed by atoms with Gasteiger partial charge in [0, 0.05) is 73.5 Å². The van der Waals surface area contributed by atoms with Gasteiger partial charge in [-0.15, -0.1) is 24.8 Å². The first-order chi connectivity index (χ1) is 15.6. The summed E-state index contributed by atoms with van der Waals surface area (Å²) in [4.78, 5) is 34.7. The van der Waals surface area contributed by atoms with E-state index in [-0.39, 0.29) is 36.5 Å². The lowest BCUT2D eigenvalue weighted by atomic mass is 10.1. The van der Waals surface area contributed by atoms with Crippen molar-refractivity contribution in [1.29, 1.82) is 0 Å². The molecule has 1 saturated heterocycles. The van der Waals surface area contributed by atoms with Crippen LogP contribution in [0.15, 0.2) is 42.6 Å².